The average molecular weight is 343 g/mol. The van der Waals surface area contributed by atoms with E-state index in [1.165, 1.54) is 0 Å². The molecule has 0 unspecified atom stereocenters. The molecule has 2 aromatic rings. The Morgan fingerprint density at radius 1 is 0.952 bits per heavy atom. The molecule has 0 saturated heterocycles. The third-order valence-corrected chi connectivity index (χ3v) is 4.31. The first-order valence-corrected chi connectivity index (χ1v) is 7.47. The predicted molar refractivity (Wildman–Crippen MR) is 90.1 cm³/mol. The second kappa shape index (κ2) is 6.27. The van der Waals surface area contributed by atoms with Crippen LogP contribution in [0.4, 0.5) is 5.69 Å². The monoisotopic (exact) mass is 341 g/mol. The predicted octanol–water partition coefficient (Wildman–Crippen LogP) is 5.82. The zero-order valence-corrected chi connectivity index (χ0v) is 14.1. The highest BCUT2D eigenvalue weighted by Gasteiger charge is 2.18. The minimum Gasteiger partial charge on any atom is -0.321 e. The minimum atomic E-state index is -0.373. The first-order valence-electron chi connectivity index (χ1n) is 6.34. The summed E-state index contributed by atoms with van der Waals surface area (Å²) in [6.45, 7) is 5.89. The van der Waals surface area contributed by atoms with Crippen molar-refractivity contribution in [2.45, 2.75) is 20.8 Å². The van der Waals surface area contributed by atoms with E-state index < -0.39 is 0 Å². The molecular weight excluding hydrogens is 329 g/mol. The molecule has 21 heavy (non-hydrogen) atoms. The van der Waals surface area contributed by atoms with E-state index in [4.69, 9.17) is 34.8 Å². The summed E-state index contributed by atoms with van der Waals surface area (Å²) in [5.74, 6) is -0.373. The molecule has 2 rings (SSSR count). The van der Waals surface area contributed by atoms with Crippen LogP contribution in [0.3, 0.4) is 0 Å². The third-order valence-electron chi connectivity index (χ3n) is 3.19. The van der Waals surface area contributed by atoms with Gasteiger partial charge in [-0.15, -0.1) is 0 Å². The number of amides is 1. The van der Waals surface area contributed by atoms with Crippen LogP contribution in [0, 0.1) is 20.8 Å². The van der Waals surface area contributed by atoms with Crippen molar-refractivity contribution < 1.29 is 4.79 Å². The summed E-state index contributed by atoms with van der Waals surface area (Å²) in [4.78, 5) is 12.5. The fourth-order valence-corrected chi connectivity index (χ4v) is 2.99. The molecular formula is C16H14Cl3NO. The van der Waals surface area contributed by atoms with Gasteiger partial charge in [-0.2, -0.15) is 0 Å². The van der Waals surface area contributed by atoms with E-state index in [1.54, 1.807) is 12.1 Å². The molecule has 0 spiro atoms. The van der Waals surface area contributed by atoms with Gasteiger partial charge in [0.1, 0.15) is 0 Å². The fraction of sp³-hybridized carbons (Fsp3) is 0.188. The van der Waals surface area contributed by atoms with Crippen LogP contribution in [-0.4, -0.2) is 5.91 Å². The van der Waals surface area contributed by atoms with E-state index >= 15 is 0 Å². The first kappa shape index (κ1) is 16.2. The van der Waals surface area contributed by atoms with Gasteiger partial charge in [0.2, 0.25) is 0 Å². The lowest BCUT2D eigenvalue weighted by Crippen LogP contribution is -2.15. The summed E-state index contributed by atoms with van der Waals surface area (Å²) < 4.78 is 0. The molecule has 0 aromatic heterocycles. The highest BCUT2D eigenvalue weighted by Crippen LogP contribution is 2.32. The third kappa shape index (κ3) is 3.34. The maximum atomic E-state index is 12.5. The van der Waals surface area contributed by atoms with Crippen molar-refractivity contribution in [2.75, 3.05) is 5.32 Å². The van der Waals surface area contributed by atoms with Gasteiger partial charge in [0.15, 0.2) is 0 Å². The number of benzene rings is 2. The van der Waals surface area contributed by atoms with Crippen molar-refractivity contribution in [1.29, 1.82) is 0 Å². The Morgan fingerprint density at radius 2 is 1.48 bits per heavy atom. The molecule has 0 bridgehead atoms. The maximum absolute atomic E-state index is 12.5. The summed E-state index contributed by atoms with van der Waals surface area (Å²) in [5, 5.41) is 3.58. The fourth-order valence-electron chi connectivity index (χ4n) is 2.29. The molecule has 0 saturated carbocycles. The van der Waals surface area contributed by atoms with Crippen LogP contribution in [0.5, 0.6) is 0 Å². The van der Waals surface area contributed by atoms with Crippen molar-refractivity contribution in [3.05, 3.63) is 61.6 Å². The van der Waals surface area contributed by atoms with Crippen molar-refractivity contribution in [3.63, 3.8) is 0 Å². The van der Waals surface area contributed by atoms with Crippen LogP contribution < -0.4 is 5.32 Å². The molecule has 5 heteroatoms. The summed E-state index contributed by atoms with van der Waals surface area (Å²) in [7, 11) is 0. The Labute approximate surface area is 139 Å². The van der Waals surface area contributed by atoms with Gasteiger partial charge in [0.05, 0.1) is 20.6 Å². The van der Waals surface area contributed by atoms with Crippen LogP contribution in [0.25, 0.3) is 0 Å². The number of carbonyl (C=O) groups is 1. The van der Waals surface area contributed by atoms with Crippen molar-refractivity contribution >= 4 is 46.4 Å². The zero-order valence-electron chi connectivity index (χ0n) is 11.9. The van der Waals surface area contributed by atoms with Crippen LogP contribution in [0.2, 0.25) is 15.1 Å². The number of carbonyl (C=O) groups excluding carboxylic acids is 1. The molecule has 0 atom stereocenters. The molecule has 0 aliphatic heterocycles. The number of anilines is 1. The number of hydrogen-bond donors (Lipinski definition) is 1. The highest BCUT2D eigenvalue weighted by atomic mass is 35.5. The lowest BCUT2D eigenvalue weighted by atomic mass is 10.0. The smallest absolute Gasteiger partial charge is 0.258 e. The van der Waals surface area contributed by atoms with Gasteiger partial charge in [-0.3, -0.25) is 4.79 Å². The van der Waals surface area contributed by atoms with Gasteiger partial charge in [-0.1, -0.05) is 52.5 Å². The number of nitrogens with one attached hydrogen (secondary N) is 1. The Balaban J connectivity index is 2.42. The van der Waals surface area contributed by atoms with E-state index in [1.807, 2.05) is 32.9 Å². The van der Waals surface area contributed by atoms with Gasteiger partial charge < -0.3 is 5.32 Å². The molecule has 0 fully saturated rings. The van der Waals surface area contributed by atoms with E-state index in [2.05, 4.69) is 5.32 Å². The molecule has 0 radical (unpaired) electrons. The molecule has 2 aromatic carbocycles. The molecule has 1 N–H and O–H groups in total. The number of aryl methyl sites for hydroxylation is 3. The summed E-state index contributed by atoms with van der Waals surface area (Å²) in [5.41, 5.74) is 4.05. The summed E-state index contributed by atoms with van der Waals surface area (Å²) in [6.07, 6.45) is 0. The zero-order chi connectivity index (χ0) is 15.7. The Hall–Kier alpha value is -1.22. The molecule has 1 amide bonds. The average Bonchev–Trinajstić information content (AvgIpc) is 2.38. The van der Waals surface area contributed by atoms with E-state index in [0.717, 1.165) is 22.4 Å². The number of hydrogen-bond acceptors (Lipinski definition) is 1. The Bertz CT molecular complexity index is 703. The lowest BCUT2D eigenvalue weighted by Gasteiger charge is -2.14. The summed E-state index contributed by atoms with van der Waals surface area (Å²) in [6, 6.07) is 7.12. The largest absolute Gasteiger partial charge is 0.321 e. The Kier molecular flexibility index (Phi) is 4.82. The first-order chi connectivity index (χ1) is 9.81. The minimum absolute atomic E-state index is 0.157. The normalized spacial score (nSPS) is 10.6. The maximum Gasteiger partial charge on any atom is 0.258 e. The van der Waals surface area contributed by atoms with E-state index in [-0.39, 0.29) is 21.5 Å². The van der Waals surface area contributed by atoms with Crippen molar-refractivity contribution in [3.8, 4) is 0 Å². The van der Waals surface area contributed by atoms with Gasteiger partial charge >= 0.3 is 0 Å². The molecule has 110 valence electrons. The molecule has 2 nitrogen and oxygen atoms in total. The van der Waals surface area contributed by atoms with E-state index in [9.17, 15) is 4.79 Å². The van der Waals surface area contributed by atoms with Crippen molar-refractivity contribution in [1.82, 2.24) is 0 Å². The number of rotatable bonds is 2. The van der Waals surface area contributed by atoms with Crippen LogP contribution in [-0.2, 0) is 0 Å². The summed E-state index contributed by atoms with van der Waals surface area (Å²) >= 11 is 18.1. The quantitative estimate of drug-likeness (QED) is 0.684. The van der Waals surface area contributed by atoms with Crippen LogP contribution >= 0.6 is 34.8 Å². The van der Waals surface area contributed by atoms with Crippen LogP contribution in [0.15, 0.2) is 24.3 Å². The lowest BCUT2D eigenvalue weighted by molar-refractivity contribution is 0.102. The highest BCUT2D eigenvalue weighted by molar-refractivity contribution is 6.46. The van der Waals surface area contributed by atoms with Gasteiger partial charge in [-0.25, -0.2) is 0 Å². The van der Waals surface area contributed by atoms with Gasteiger partial charge in [0, 0.05) is 5.69 Å². The molecule has 0 aliphatic carbocycles. The molecule has 0 aliphatic rings. The Morgan fingerprint density at radius 3 is 2.05 bits per heavy atom. The van der Waals surface area contributed by atoms with Crippen molar-refractivity contribution in [2.24, 2.45) is 0 Å². The van der Waals surface area contributed by atoms with Crippen LogP contribution in [0.1, 0.15) is 27.0 Å². The van der Waals surface area contributed by atoms with E-state index in [0.29, 0.717) is 5.02 Å². The second-order valence-corrected chi connectivity index (χ2v) is 6.14. The second-order valence-electron chi connectivity index (χ2n) is 4.95. The molecule has 0 heterocycles. The number of halogens is 3. The van der Waals surface area contributed by atoms with Gasteiger partial charge in [-0.05, 0) is 44.0 Å². The topological polar surface area (TPSA) is 29.1 Å². The standard InChI is InChI=1S/C16H14Cl3NO/c1-8-6-9(2)15(10(3)7-8)20-16(21)13-11(17)4-5-12(18)14(13)19/h4-7H,1-3H3,(H,20,21). The van der Waals surface area contributed by atoms with Gasteiger partial charge in [0.25, 0.3) is 5.91 Å². The SMILES string of the molecule is Cc1cc(C)c(NC(=O)c2c(Cl)ccc(Cl)c2Cl)c(C)c1.